The summed E-state index contributed by atoms with van der Waals surface area (Å²) < 4.78 is 0. The summed E-state index contributed by atoms with van der Waals surface area (Å²) >= 11 is 1.86. The van der Waals surface area contributed by atoms with Crippen LogP contribution in [0.3, 0.4) is 0 Å². The molecule has 2 fully saturated rings. The molecule has 1 spiro atoms. The number of aliphatic imine (C=N–C) groups is 1. The van der Waals surface area contributed by atoms with E-state index in [0.29, 0.717) is 12.1 Å². The van der Waals surface area contributed by atoms with E-state index in [4.69, 9.17) is 0 Å². The molecular weight excluding hydrogens is 256 g/mol. The van der Waals surface area contributed by atoms with Crippen molar-refractivity contribution in [3.05, 3.63) is 24.3 Å². The second kappa shape index (κ2) is 5.49. The third kappa shape index (κ3) is 3.08. The van der Waals surface area contributed by atoms with Crippen LogP contribution < -0.4 is 5.32 Å². The Labute approximate surface area is 118 Å². The van der Waals surface area contributed by atoms with Crippen LogP contribution in [0.1, 0.15) is 38.3 Å². The Bertz CT molecular complexity index is 462. The van der Waals surface area contributed by atoms with Gasteiger partial charge in [-0.05, 0) is 24.8 Å². The van der Waals surface area contributed by atoms with Crippen molar-refractivity contribution in [1.29, 1.82) is 0 Å². The Kier molecular flexibility index (Phi) is 3.73. The van der Waals surface area contributed by atoms with Gasteiger partial charge in [0.15, 0.2) is 5.17 Å². The first-order chi connectivity index (χ1) is 9.26. The van der Waals surface area contributed by atoms with Crippen LogP contribution in [-0.2, 0) is 6.54 Å². The Morgan fingerprint density at radius 1 is 1.58 bits per heavy atom. The fourth-order valence-corrected chi connectivity index (χ4v) is 4.25. The van der Waals surface area contributed by atoms with Gasteiger partial charge in [-0.25, -0.2) is 9.97 Å². The summed E-state index contributed by atoms with van der Waals surface area (Å²) in [6.45, 7) is 3.01. The van der Waals surface area contributed by atoms with Gasteiger partial charge < -0.3 is 5.32 Å². The number of thioether (sulfide) groups is 1. The molecule has 3 rings (SSSR count). The lowest BCUT2D eigenvalue weighted by molar-refractivity contribution is 0.242. The number of aromatic nitrogens is 2. The van der Waals surface area contributed by atoms with Gasteiger partial charge in [-0.1, -0.05) is 31.5 Å². The first-order valence-electron chi connectivity index (χ1n) is 6.96. The van der Waals surface area contributed by atoms with Crippen molar-refractivity contribution in [1.82, 2.24) is 15.3 Å². The van der Waals surface area contributed by atoms with Crippen LogP contribution in [0, 0.1) is 5.92 Å². The van der Waals surface area contributed by atoms with Crippen LogP contribution in [0.25, 0.3) is 0 Å². The van der Waals surface area contributed by atoms with Gasteiger partial charge in [0.2, 0.25) is 0 Å². The normalized spacial score (nSPS) is 32.7. The molecule has 1 N–H and O–H groups in total. The number of amidine groups is 1. The van der Waals surface area contributed by atoms with E-state index in [-0.39, 0.29) is 0 Å². The van der Waals surface area contributed by atoms with Gasteiger partial charge in [0.05, 0.1) is 12.2 Å². The van der Waals surface area contributed by atoms with Crippen molar-refractivity contribution in [3.8, 4) is 0 Å². The molecule has 0 radical (unpaired) electrons. The van der Waals surface area contributed by atoms with Crippen LogP contribution >= 0.6 is 11.8 Å². The molecule has 1 aliphatic carbocycles. The van der Waals surface area contributed by atoms with Crippen molar-refractivity contribution in [2.45, 2.75) is 44.7 Å². The highest BCUT2D eigenvalue weighted by molar-refractivity contribution is 8.14. The predicted octanol–water partition coefficient (Wildman–Crippen LogP) is 2.62. The molecule has 0 amide bonds. The molecule has 1 saturated heterocycles. The molecule has 1 aromatic rings. The lowest BCUT2D eigenvalue weighted by Gasteiger charge is -2.36. The third-order valence-corrected chi connectivity index (χ3v) is 5.18. The molecule has 0 aromatic carbocycles. The fourth-order valence-electron chi connectivity index (χ4n) is 3.06. The third-order valence-electron chi connectivity index (χ3n) is 3.98. The Balaban J connectivity index is 1.62. The zero-order chi connectivity index (χ0) is 13.1. The summed E-state index contributed by atoms with van der Waals surface area (Å²) in [6.07, 6.45) is 8.63. The maximum absolute atomic E-state index is 4.65. The molecule has 1 saturated carbocycles. The predicted molar refractivity (Wildman–Crippen MR) is 79.1 cm³/mol. The van der Waals surface area contributed by atoms with Crippen molar-refractivity contribution >= 4 is 16.9 Å². The number of hydrogen-bond acceptors (Lipinski definition) is 4. The topological polar surface area (TPSA) is 50.2 Å². The van der Waals surface area contributed by atoms with Gasteiger partial charge in [0.25, 0.3) is 0 Å². The lowest BCUT2D eigenvalue weighted by Crippen LogP contribution is -2.47. The van der Waals surface area contributed by atoms with Gasteiger partial charge in [-0.15, -0.1) is 0 Å². The van der Waals surface area contributed by atoms with Crippen molar-refractivity contribution in [3.63, 3.8) is 0 Å². The number of nitrogens with zero attached hydrogens (tertiary/aromatic N) is 3. The molecule has 102 valence electrons. The average Bonchev–Trinajstić information content (AvgIpc) is 2.80. The smallest absolute Gasteiger partial charge is 0.157 e. The molecule has 2 atom stereocenters. The zero-order valence-corrected chi connectivity index (χ0v) is 12.1. The van der Waals surface area contributed by atoms with E-state index in [2.05, 4.69) is 27.2 Å². The summed E-state index contributed by atoms with van der Waals surface area (Å²) in [5.41, 5.74) is 1.29. The Hall–Kier alpha value is -1.10. The SMILES string of the molecule is CC1CCCC2(CSC(=NCc3ccncn3)N2)C1. The molecular formula is C14H20N4S. The highest BCUT2D eigenvalue weighted by Gasteiger charge is 2.40. The first-order valence-corrected chi connectivity index (χ1v) is 7.95. The molecule has 2 unspecified atom stereocenters. The standard InChI is InChI=1S/C14H20N4S/c1-11-3-2-5-14(7-11)9-19-13(18-14)16-8-12-4-6-15-10-17-12/h4,6,10-11H,2-3,5,7-9H2,1H3,(H,16,18). The van der Waals surface area contributed by atoms with Gasteiger partial charge in [-0.3, -0.25) is 4.99 Å². The minimum absolute atomic E-state index is 0.312. The molecule has 5 heteroatoms. The summed E-state index contributed by atoms with van der Waals surface area (Å²) in [7, 11) is 0. The van der Waals surface area contributed by atoms with E-state index in [1.54, 1.807) is 12.5 Å². The van der Waals surface area contributed by atoms with Crippen molar-refractivity contribution in [2.24, 2.45) is 10.9 Å². The quantitative estimate of drug-likeness (QED) is 0.902. The van der Waals surface area contributed by atoms with Crippen LogP contribution in [0.15, 0.2) is 23.6 Å². The Morgan fingerprint density at radius 3 is 3.32 bits per heavy atom. The van der Waals surface area contributed by atoms with Gasteiger partial charge in [0, 0.05) is 17.5 Å². The lowest BCUT2D eigenvalue weighted by atomic mass is 9.78. The summed E-state index contributed by atoms with van der Waals surface area (Å²) in [5, 5.41) is 4.77. The molecule has 2 heterocycles. The highest BCUT2D eigenvalue weighted by Crippen LogP contribution is 2.38. The van der Waals surface area contributed by atoms with Gasteiger partial charge in [-0.2, -0.15) is 0 Å². The largest absolute Gasteiger partial charge is 0.359 e. The molecule has 4 nitrogen and oxygen atoms in total. The van der Waals surface area contributed by atoms with Gasteiger partial charge in [0.1, 0.15) is 6.33 Å². The molecule has 1 aromatic heterocycles. The van der Waals surface area contributed by atoms with Crippen molar-refractivity contribution < 1.29 is 0 Å². The maximum atomic E-state index is 4.65. The fraction of sp³-hybridized carbons (Fsp3) is 0.643. The van der Waals surface area contributed by atoms with E-state index in [1.807, 2.05) is 17.8 Å². The summed E-state index contributed by atoms with van der Waals surface area (Å²) in [6, 6.07) is 1.92. The van der Waals surface area contributed by atoms with Gasteiger partial charge >= 0.3 is 0 Å². The van der Waals surface area contributed by atoms with E-state index in [1.165, 1.54) is 31.4 Å². The van der Waals surface area contributed by atoms with Crippen LogP contribution in [0.4, 0.5) is 0 Å². The first kappa shape index (κ1) is 12.9. The number of rotatable bonds is 2. The molecule has 0 bridgehead atoms. The Morgan fingerprint density at radius 2 is 2.53 bits per heavy atom. The number of hydrogen-bond donors (Lipinski definition) is 1. The minimum atomic E-state index is 0.312. The van der Waals surface area contributed by atoms with E-state index in [0.717, 1.165) is 16.8 Å². The summed E-state index contributed by atoms with van der Waals surface area (Å²) in [5.74, 6) is 2.00. The van der Waals surface area contributed by atoms with Crippen LogP contribution in [-0.4, -0.2) is 26.4 Å². The molecule has 19 heavy (non-hydrogen) atoms. The second-order valence-corrected chi connectivity index (χ2v) is 6.68. The maximum Gasteiger partial charge on any atom is 0.157 e. The highest BCUT2D eigenvalue weighted by atomic mass is 32.2. The zero-order valence-electron chi connectivity index (χ0n) is 11.3. The molecule has 1 aliphatic heterocycles. The van der Waals surface area contributed by atoms with Crippen molar-refractivity contribution in [2.75, 3.05) is 5.75 Å². The van der Waals surface area contributed by atoms with Crippen LogP contribution in [0.2, 0.25) is 0 Å². The number of nitrogens with one attached hydrogen (secondary N) is 1. The second-order valence-electron chi connectivity index (χ2n) is 5.72. The average molecular weight is 276 g/mol. The monoisotopic (exact) mass is 276 g/mol. The minimum Gasteiger partial charge on any atom is -0.359 e. The van der Waals surface area contributed by atoms with E-state index in [9.17, 15) is 0 Å². The molecule has 2 aliphatic rings. The van der Waals surface area contributed by atoms with E-state index >= 15 is 0 Å². The summed E-state index contributed by atoms with van der Waals surface area (Å²) in [4.78, 5) is 12.8. The van der Waals surface area contributed by atoms with E-state index < -0.39 is 0 Å². The van der Waals surface area contributed by atoms with Crippen LogP contribution in [0.5, 0.6) is 0 Å².